The summed E-state index contributed by atoms with van der Waals surface area (Å²) in [5, 5.41) is 5.87. The van der Waals surface area contributed by atoms with Crippen molar-refractivity contribution in [1.82, 2.24) is 10.0 Å². The lowest BCUT2D eigenvalue weighted by Gasteiger charge is -2.09. The van der Waals surface area contributed by atoms with E-state index >= 15 is 0 Å². The first-order valence-corrected chi connectivity index (χ1v) is 7.90. The first-order chi connectivity index (χ1) is 9.35. The predicted octanol–water partition coefficient (Wildman–Crippen LogP) is 0.921. The molecule has 0 aliphatic rings. The SMILES string of the molecule is CNS(=O)(=O)c1ccc(NC(=O)CCNC(C)C)cc1. The zero-order valence-corrected chi connectivity index (χ0v) is 12.8. The fraction of sp³-hybridized carbons (Fsp3) is 0.462. The Labute approximate surface area is 120 Å². The molecule has 1 amide bonds. The van der Waals surface area contributed by atoms with Crippen LogP contribution in [0, 0.1) is 0 Å². The van der Waals surface area contributed by atoms with E-state index in [9.17, 15) is 13.2 Å². The highest BCUT2D eigenvalue weighted by Crippen LogP contribution is 2.13. The van der Waals surface area contributed by atoms with E-state index in [0.717, 1.165) is 0 Å². The smallest absolute Gasteiger partial charge is 0.240 e. The summed E-state index contributed by atoms with van der Waals surface area (Å²) >= 11 is 0. The Bertz CT molecular complexity index is 538. The fourth-order valence-corrected chi connectivity index (χ4v) is 2.26. The summed E-state index contributed by atoms with van der Waals surface area (Å²) in [6.07, 6.45) is 0.370. The van der Waals surface area contributed by atoms with Crippen LogP contribution in [0.5, 0.6) is 0 Å². The van der Waals surface area contributed by atoms with Crippen LogP contribution in [0.3, 0.4) is 0 Å². The lowest BCUT2D eigenvalue weighted by Crippen LogP contribution is -2.27. The van der Waals surface area contributed by atoms with E-state index in [1.807, 2.05) is 13.8 Å². The summed E-state index contributed by atoms with van der Waals surface area (Å²) in [7, 11) is -2.09. The number of nitrogens with one attached hydrogen (secondary N) is 3. The molecule has 0 saturated heterocycles. The van der Waals surface area contributed by atoms with Crippen LogP contribution < -0.4 is 15.4 Å². The van der Waals surface area contributed by atoms with Crippen molar-refractivity contribution in [2.75, 3.05) is 18.9 Å². The summed E-state index contributed by atoms with van der Waals surface area (Å²) in [6, 6.07) is 6.38. The van der Waals surface area contributed by atoms with Crippen molar-refractivity contribution in [2.24, 2.45) is 0 Å². The third-order valence-electron chi connectivity index (χ3n) is 2.62. The summed E-state index contributed by atoms with van der Waals surface area (Å²) in [5.74, 6) is -0.109. The zero-order chi connectivity index (χ0) is 15.2. The molecule has 0 fully saturated rings. The van der Waals surface area contributed by atoms with Crippen molar-refractivity contribution in [3.05, 3.63) is 24.3 Å². The minimum Gasteiger partial charge on any atom is -0.326 e. The maximum Gasteiger partial charge on any atom is 0.240 e. The lowest BCUT2D eigenvalue weighted by molar-refractivity contribution is -0.116. The van der Waals surface area contributed by atoms with Gasteiger partial charge in [0.25, 0.3) is 0 Å². The van der Waals surface area contributed by atoms with Gasteiger partial charge in [0, 0.05) is 24.7 Å². The van der Waals surface area contributed by atoms with E-state index in [2.05, 4.69) is 15.4 Å². The molecule has 0 atom stereocenters. The Kier molecular flexibility index (Phi) is 6.12. The van der Waals surface area contributed by atoms with Gasteiger partial charge in [0.05, 0.1) is 4.90 Å². The molecule has 0 spiro atoms. The molecule has 0 unspecified atom stereocenters. The molecule has 0 aliphatic carbocycles. The van der Waals surface area contributed by atoms with E-state index in [1.54, 1.807) is 12.1 Å². The average molecular weight is 299 g/mol. The van der Waals surface area contributed by atoms with Crippen LogP contribution in [0.25, 0.3) is 0 Å². The van der Waals surface area contributed by atoms with Gasteiger partial charge in [0.15, 0.2) is 0 Å². The number of carbonyl (C=O) groups excluding carboxylic acids is 1. The second-order valence-corrected chi connectivity index (χ2v) is 6.53. The van der Waals surface area contributed by atoms with Gasteiger partial charge in [-0.15, -0.1) is 0 Å². The largest absolute Gasteiger partial charge is 0.326 e. The van der Waals surface area contributed by atoms with Crippen LogP contribution in [0.1, 0.15) is 20.3 Å². The number of benzene rings is 1. The van der Waals surface area contributed by atoms with Gasteiger partial charge >= 0.3 is 0 Å². The average Bonchev–Trinajstić information content (AvgIpc) is 2.39. The summed E-state index contributed by atoms with van der Waals surface area (Å²) in [4.78, 5) is 11.8. The number of amides is 1. The minimum atomic E-state index is -3.44. The van der Waals surface area contributed by atoms with E-state index < -0.39 is 10.0 Å². The van der Waals surface area contributed by atoms with Crippen molar-refractivity contribution in [2.45, 2.75) is 31.2 Å². The second-order valence-electron chi connectivity index (χ2n) is 4.64. The van der Waals surface area contributed by atoms with Crippen molar-refractivity contribution in [3.8, 4) is 0 Å². The van der Waals surface area contributed by atoms with Gasteiger partial charge in [-0.05, 0) is 31.3 Å². The first-order valence-electron chi connectivity index (χ1n) is 6.42. The third-order valence-corrected chi connectivity index (χ3v) is 4.05. The van der Waals surface area contributed by atoms with Crippen LogP contribution in [0.15, 0.2) is 29.2 Å². The zero-order valence-electron chi connectivity index (χ0n) is 11.9. The first kappa shape index (κ1) is 16.6. The summed E-state index contributed by atoms with van der Waals surface area (Å²) in [5.41, 5.74) is 0.578. The van der Waals surface area contributed by atoms with Crippen molar-refractivity contribution >= 4 is 21.6 Å². The number of sulfonamides is 1. The van der Waals surface area contributed by atoms with E-state index in [4.69, 9.17) is 0 Å². The van der Waals surface area contributed by atoms with Crippen LogP contribution in [0.4, 0.5) is 5.69 Å². The number of carbonyl (C=O) groups is 1. The molecular weight excluding hydrogens is 278 g/mol. The topological polar surface area (TPSA) is 87.3 Å². The Balaban J connectivity index is 2.56. The molecule has 112 valence electrons. The molecule has 6 nitrogen and oxygen atoms in total. The second kappa shape index (κ2) is 7.37. The van der Waals surface area contributed by atoms with E-state index in [1.165, 1.54) is 19.2 Å². The van der Waals surface area contributed by atoms with Gasteiger partial charge < -0.3 is 10.6 Å². The minimum absolute atomic E-state index is 0.109. The molecule has 3 N–H and O–H groups in total. The van der Waals surface area contributed by atoms with Gasteiger partial charge in [0.1, 0.15) is 0 Å². The van der Waals surface area contributed by atoms with E-state index in [-0.39, 0.29) is 10.8 Å². The van der Waals surface area contributed by atoms with Crippen molar-refractivity contribution in [1.29, 1.82) is 0 Å². The molecule has 0 aliphatic heterocycles. The highest BCUT2D eigenvalue weighted by atomic mass is 32.2. The quantitative estimate of drug-likeness (QED) is 0.699. The van der Waals surface area contributed by atoms with Gasteiger partial charge in [0.2, 0.25) is 15.9 Å². The molecule has 0 saturated carbocycles. The molecule has 20 heavy (non-hydrogen) atoms. The Hall–Kier alpha value is -1.44. The lowest BCUT2D eigenvalue weighted by atomic mass is 10.3. The molecule has 1 rings (SSSR count). The van der Waals surface area contributed by atoms with Crippen LogP contribution >= 0.6 is 0 Å². The number of rotatable bonds is 7. The summed E-state index contributed by atoms with van der Waals surface area (Å²) in [6.45, 7) is 4.63. The molecule has 7 heteroatoms. The Morgan fingerprint density at radius 2 is 1.80 bits per heavy atom. The number of anilines is 1. The van der Waals surface area contributed by atoms with Gasteiger partial charge in [-0.2, -0.15) is 0 Å². The molecule has 0 aromatic heterocycles. The van der Waals surface area contributed by atoms with Gasteiger partial charge in [-0.1, -0.05) is 13.8 Å². The highest BCUT2D eigenvalue weighted by Gasteiger charge is 2.10. The Morgan fingerprint density at radius 3 is 2.30 bits per heavy atom. The monoisotopic (exact) mass is 299 g/mol. The van der Waals surface area contributed by atoms with Crippen molar-refractivity contribution < 1.29 is 13.2 Å². The van der Waals surface area contributed by atoms with Crippen LogP contribution in [-0.2, 0) is 14.8 Å². The fourth-order valence-electron chi connectivity index (χ4n) is 1.53. The maximum atomic E-state index is 11.7. The van der Waals surface area contributed by atoms with Crippen molar-refractivity contribution in [3.63, 3.8) is 0 Å². The van der Waals surface area contributed by atoms with Crippen LogP contribution in [-0.4, -0.2) is 34.0 Å². The standard InChI is InChI=1S/C13H21N3O3S/c1-10(2)15-9-8-13(17)16-11-4-6-12(7-5-11)20(18,19)14-3/h4-7,10,14-15H,8-9H2,1-3H3,(H,16,17). The predicted molar refractivity (Wildman–Crippen MR) is 79.1 cm³/mol. The van der Waals surface area contributed by atoms with E-state index in [0.29, 0.717) is 24.7 Å². The summed E-state index contributed by atoms with van der Waals surface area (Å²) < 4.78 is 25.3. The molecule has 0 bridgehead atoms. The van der Waals surface area contributed by atoms with Crippen LogP contribution in [0.2, 0.25) is 0 Å². The third kappa shape index (κ3) is 5.28. The molecular formula is C13H21N3O3S. The maximum absolute atomic E-state index is 11.7. The molecule has 1 aromatic carbocycles. The highest BCUT2D eigenvalue weighted by molar-refractivity contribution is 7.89. The molecule has 0 heterocycles. The van der Waals surface area contributed by atoms with Gasteiger partial charge in [-0.25, -0.2) is 13.1 Å². The normalized spacial score (nSPS) is 11.6. The Morgan fingerprint density at radius 1 is 1.20 bits per heavy atom. The number of hydrogen-bond acceptors (Lipinski definition) is 4. The molecule has 0 radical (unpaired) electrons. The molecule has 1 aromatic rings. The number of hydrogen-bond donors (Lipinski definition) is 3. The van der Waals surface area contributed by atoms with Gasteiger partial charge in [-0.3, -0.25) is 4.79 Å².